The summed E-state index contributed by atoms with van der Waals surface area (Å²) in [4.78, 5) is 0. The summed E-state index contributed by atoms with van der Waals surface area (Å²) in [5.41, 5.74) is 16.1. The van der Waals surface area contributed by atoms with Crippen LogP contribution >= 0.6 is 0 Å². The summed E-state index contributed by atoms with van der Waals surface area (Å²) in [6.07, 6.45) is 0. The van der Waals surface area contributed by atoms with E-state index in [0.29, 0.717) is 0 Å². The summed E-state index contributed by atoms with van der Waals surface area (Å²) in [6, 6.07) is 24.4. The highest BCUT2D eigenvalue weighted by atomic mass is 15.0. The number of nitrogens with one attached hydrogen (secondary N) is 3. The Morgan fingerprint density at radius 1 is 0.517 bits per heavy atom. The highest BCUT2D eigenvalue weighted by Gasteiger charge is 2.04. The second-order valence-corrected chi connectivity index (χ2v) is 7.11. The van der Waals surface area contributed by atoms with Gasteiger partial charge in [0.1, 0.15) is 0 Å². The zero-order valence-electron chi connectivity index (χ0n) is 16.4. The van der Waals surface area contributed by atoms with Crippen LogP contribution in [0.4, 0.5) is 22.7 Å². The summed E-state index contributed by atoms with van der Waals surface area (Å²) >= 11 is 0. The lowest BCUT2D eigenvalue weighted by Crippen LogP contribution is -2.27. The standard InChI is InChI=1S/C24H27N5/c25-19-9-1-5-17-7-3-11-21(23(17)19)28-15-13-27-14-16-29-22-12-4-8-18-6-2-10-20(26)24(18)22/h1-12,27-29H,13-16,25-26H2. The molecule has 7 N–H and O–H groups in total. The zero-order valence-corrected chi connectivity index (χ0v) is 16.4. The van der Waals surface area contributed by atoms with Gasteiger partial charge in [-0.2, -0.15) is 0 Å². The highest BCUT2D eigenvalue weighted by molar-refractivity contribution is 6.03. The largest absolute Gasteiger partial charge is 0.398 e. The second kappa shape index (κ2) is 8.71. The third-order valence-electron chi connectivity index (χ3n) is 5.11. The minimum absolute atomic E-state index is 0.803. The fourth-order valence-electron chi connectivity index (χ4n) is 3.73. The monoisotopic (exact) mass is 385 g/mol. The fraction of sp³-hybridized carbons (Fsp3) is 0.167. The van der Waals surface area contributed by atoms with Crippen molar-refractivity contribution in [3.05, 3.63) is 72.8 Å². The van der Waals surface area contributed by atoms with Crippen LogP contribution in [0.2, 0.25) is 0 Å². The molecule has 0 aliphatic heterocycles. The van der Waals surface area contributed by atoms with Gasteiger partial charge in [-0.25, -0.2) is 0 Å². The van der Waals surface area contributed by atoms with Gasteiger partial charge in [-0.1, -0.05) is 48.5 Å². The van der Waals surface area contributed by atoms with E-state index < -0.39 is 0 Å². The number of hydrogen-bond donors (Lipinski definition) is 5. The van der Waals surface area contributed by atoms with Crippen LogP contribution in [0, 0.1) is 0 Å². The first-order valence-electron chi connectivity index (χ1n) is 9.97. The third kappa shape index (κ3) is 4.20. The molecule has 0 aromatic heterocycles. The van der Waals surface area contributed by atoms with Crippen molar-refractivity contribution in [2.45, 2.75) is 0 Å². The summed E-state index contributed by atoms with van der Waals surface area (Å²) < 4.78 is 0. The van der Waals surface area contributed by atoms with Crippen molar-refractivity contribution in [3.8, 4) is 0 Å². The lowest BCUT2D eigenvalue weighted by molar-refractivity contribution is 0.719. The molecule has 0 aliphatic rings. The number of benzene rings is 4. The topological polar surface area (TPSA) is 88.1 Å². The smallest absolute Gasteiger partial charge is 0.0441 e. The van der Waals surface area contributed by atoms with Gasteiger partial charge in [0, 0.05) is 59.7 Å². The van der Waals surface area contributed by atoms with Crippen molar-refractivity contribution in [3.63, 3.8) is 0 Å². The Balaban J connectivity index is 1.26. The van der Waals surface area contributed by atoms with Crippen LogP contribution in [0.25, 0.3) is 21.5 Å². The van der Waals surface area contributed by atoms with Crippen molar-refractivity contribution < 1.29 is 0 Å². The number of nitrogen functional groups attached to an aromatic ring is 2. The minimum Gasteiger partial charge on any atom is -0.398 e. The molecule has 0 fully saturated rings. The average Bonchev–Trinajstić information content (AvgIpc) is 2.73. The summed E-state index contributed by atoms with van der Waals surface area (Å²) in [7, 11) is 0. The Morgan fingerprint density at radius 3 is 1.38 bits per heavy atom. The van der Waals surface area contributed by atoms with E-state index in [1.54, 1.807) is 0 Å². The predicted octanol–water partition coefficient (Wildman–Crippen LogP) is 4.27. The maximum Gasteiger partial charge on any atom is 0.0441 e. The van der Waals surface area contributed by atoms with Gasteiger partial charge in [-0.3, -0.25) is 0 Å². The van der Waals surface area contributed by atoms with Crippen LogP contribution in [0.15, 0.2) is 72.8 Å². The molecule has 0 saturated heterocycles. The zero-order chi connectivity index (χ0) is 20.1. The van der Waals surface area contributed by atoms with Crippen LogP contribution in [0.5, 0.6) is 0 Å². The molecule has 0 amide bonds. The number of nitrogens with two attached hydrogens (primary N) is 2. The van der Waals surface area contributed by atoms with Crippen LogP contribution in [0.1, 0.15) is 0 Å². The molecule has 0 atom stereocenters. The van der Waals surface area contributed by atoms with E-state index in [0.717, 1.165) is 70.5 Å². The Kier molecular flexibility index (Phi) is 5.68. The van der Waals surface area contributed by atoms with E-state index in [1.165, 1.54) is 0 Å². The molecule has 148 valence electrons. The van der Waals surface area contributed by atoms with Crippen molar-refractivity contribution in [1.29, 1.82) is 0 Å². The normalized spacial score (nSPS) is 11.0. The molecule has 0 spiro atoms. The first-order chi connectivity index (χ1) is 14.2. The number of fused-ring (bicyclic) bond motifs is 2. The van der Waals surface area contributed by atoms with Crippen LogP contribution in [-0.4, -0.2) is 26.2 Å². The van der Waals surface area contributed by atoms with E-state index in [-0.39, 0.29) is 0 Å². The fourth-order valence-corrected chi connectivity index (χ4v) is 3.73. The summed E-state index contributed by atoms with van der Waals surface area (Å²) in [5, 5.41) is 14.9. The number of anilines is 4. The van der Waals surface area contributed by atoms with Gasteiger partial charge in [0.2, 0.25) is 0 Å². The van der Waals surface area contributed by atoms with Crippen LogP contribution < -0.4 is 27.4 Å². The van der Waals surface area contributed by atoms with Gasteiger partial charge in [-0.05, 0) is 35.0 Å². The van der Waals surface area contributed by atoms with Gasteiger partial charge in [-0.15, -0.1) is 0 Å². The van der Waals surface area contributed by atoms with Gasteiger partial charge in [0.15, 0.2) is 0 Å². The number of hydrogen-bond acceptors (Lipinski definition) is 5. The molecule has 4 aromatic rings. The van der Waals surface area contributed by atoms with E-state index >= 15 is 0 Å². The highest BCUT2D eigenvalue weighted by Crippen LogP contribution is 2.29. The summed E-state index contributed by atoms with van der Waals surface area (Å²) in [5.74, 6) is 0. The Bertz CT molecular complexity index is 1020. The molecular weight excluding hydrogens is 358 g/mol. The van der Waals surface area contributed by atoms with Gasteiger partial charge in [0.05, 0.1) is 0 Å². The van der Waals surface area contributed by atoms with Gasteiger partial charge in [0.25, 0.3) is 0 Å². The summed E-state index contributed by atoms with van der Waals surface area (Å²) in [6.45, 7) is 3.38. The van der Waals surface area contributed by atoms with E-state index in [1.807, 2.05) is 24.3 Å². The van der Waals surface area contributed by atoms with Gasteiger partial charge < -0.3 is 27.4 Å². The minimum atomic E-state index is 0.803. The molecule has 0 unspecified atom stereocenters. The quantitative estimate of drug-likeness (QED) is 0.231. The Morgan fingerprint density at radius 2 is 0.931 bits per heavy atom. The molecule has 4 rings (SSSR count). The molecule has 4 aromatic carbocycles. The molecule has 0 heterocycles. The average molecular weight is 386 g/mol. The maximum absolute atomic E-state index is 6.16. The van der Waals surface area contributed by atoms with Crippen LogP contribution in [0.3, 0.4) is 0 Å². The first-order valence-corrected chi connectivity index (χ1v) is 9.97. The number of rotatable bonds is 8. The van der Waals surface area contributed by atoms with Crippen LogP contribution in [-0.2, 0) is 0 Å². The maximum atomic E-state index is 6.16. The van der Waals surface area contributed by atoms with Crippen molar-refractivity contribution >= 4 is 44.3 Å². The van der Waals surface area contributed by atoms with E-state index in [9.17, 15) is 0 Å². The van der Waals surface area contributed by atoms with Gasteiger partial charge >= 0.3 is 0 Å². The van der Waals surface area contributed by atoms with E-state index in [4.69, 9.17) is 11.5 Å². The third-order valence-corrected chi connectivity index (χ3v) is 5.11. The SMILES string of the molecule is Nc1cccc2cccc(NCCNCCNc3cccc4cccc(N)c34)c12. The molecule has 0 aliphatic carbocycles. The Hall–Kier alpha value is -3.44. The van der Waals surface area contributed by atoms with Crippen molar-refractivity contribution in [2.75, 3.05) is 48.3 Å². The lowest BCUT2D eigenvalue weighted by Gasteiger charge is -2.13. The molecule has 29 heavy (non-hydrogen) atoms. The second-order valence-electron chi connectivity index (χ2n) is 7.11. The molecular formula is C24H27N5. The molecule has 5 heteroatoms. The lowest BCUT2D eigenvalue weighted by atomic mass is 10.1. The Labute approximate surface area is 171 Å². The first kappa shape index (κ1) is 18.9. The molecule has 0 saturated carbocycles. The van der Waals surface area contributed by atoms with E-state index in [2.05, 4.69) is 64.5 Å². The molecule has 0 bridgehead atoms. The van der Waals surface area contributed by atoms with Crippen molar-refractivity contribution in [2.24, 2.45) is 0 Å². The van der Waals surface area contributed by atoms with Crippen molar-refractivity contribution in [1.82, 2.24) is 5.32 Å². The molecule has 0 radical (unpaired) electrons. The predicted molar refractivity (Wildman–Crippen MR) is 127 cm³/mol. The molecule has 5 nitrogen and oxygen atoms in total.